The third kappa shape index (κ3) is 2.79. The highest BCUT2D eigenvalue weighted by Crippen LogP contribution is 2.36. The van der Waals surface area contributed by atoms with Crippen LogP contribution in [-0.4, -0.2) is 10.2 Å². The SMILES string of the molecule is CCc1cc(CC)cc(-c2cc(O)c(CC)cc2O)c1. The molecular formula is C18H22O2. The highest BCUT2D eigenvalue weighted by atomic mass is 16.3. The lowest BCUT2D eigenvalue weighted by Crippen LogP contribution is -1.90. The van der Waals surface area contributed by atoms with E-state index in [0.717, 1.165) is 24.0 Å². The fraction of sp³-hybridized carbons (Fsp3) is 0.333. The lowest BCUT2D eigenvalue weighted by molar-refractivity contribution is 0.456. The molecule has 20 heavy (non-hydrogen) atoms. The van der Waals surface area contributed by atoms with E-state index in [-0.39, 0.29) is 11.5 Å². The van der Waals surface area contributed by atoms with E-state index in [1.54, 1.807) is 12.1 Å². The molecule has 2 nitrogen and oxygen atoms in total. The predicted octanol–water partition coefficient (Wildman–Crippen LogP) is 4.45. The maximum atomic E-state index is 10.2. The molecule has 0 unspecified atom stereocenters. The van der Waals surface area contributed by atoms with Crippen LogP contribution in [0.25, 0.3) is 11.1 Å². The molecule has 2 N–H and O–H groups in total. The molecule has 0 spiro atoms. The summed E-state index contributed by atoms with van der Waals surface area (Å²) in [5.74, 6) is 0.482. The highest BCUT2D eigenvalue weighted by Gasteiger charge is 2.11. The van der Waals surface area contributed by atoms with Gasteiger partial charge in [-0.3, -0.25) is 0 Å². The molecule has 0 fully saturated rings. The van der Waals surface area contributed by atoms with Crippen LogP contribution in [-0.2, 0) is 19.3 Å². The number of aromatic hydroxyl groups is 2. The highest BCUT2D eigenvalue weighted by molar-refractivity contribution is 5.73. The third-order valence-electron chi connectivity index (χ3n) is 3.76. The first-order chi connectivity index (χ1) is 9.58. The number of phenols is 2. The Kier molecular flexibility index (Phi) is 4.33. The average Bonchev–Trinajstić information content (AvgIpc) is 2.48. The van der Waals surface area contributed by atoms with E-state index in [9.17, 15) is 10.2 Å². The molecule has 0 heterocycles. The van der Waals surface area contributed by atoms with Crippen molar-refractivity contribution in [3.8, 4) is 22.6 Å². The van der Waals surface area contributed by atoms with Crippen molar-refractivity contribution in [1.29, 1.82) is 0 Å². The van der Waals surface area contributed by atoms with E-state index in [4.69, 9.17) is 0 Å². The summed E-state index contributed by atoms with van der Waals surface area (Å²) in [6, 6.07) is 9.69. The standard InChI is InChI=1S/C18H22O2/c1-4-12-7-13(5-2)9-15(8-12)16-11-17(19)14(6-3)10-18(16)20/h7-11,19-20H,4-6H2,1-3H3. The van der Waals surface area contributed by atoms with Crippen LogP contribution in [0.4, 0.5) is 0 Å². The Bertz CT molecular complexity index is 593. The number of aryl methyl sites for hydroxylation is 3. The molecule has 0 atom stereocenters. The molecule has 0 bridgehead atoms. The molecule has 0 aliphatic rings. The second kappa shape index (κ2) is 6.00. The summed E-state index contributed by atoms with van der Waals surface area (Å²) in [5, 5.41) is 20.2. The van der Waals surface area contributed by atoms with Crippen molar-refractivity contribution in [2.24, 2.45) is 0 Å². The molecule has 2 aromatic carbocycles. The second-order valence-electron chi connectivity index (χ2n) is 5.10. The van der Waals surface area contributed by atoms with Crippen LogP contribution in [0.15, 0.2) is 30.3 Å². The summed E-state index contributed by atoms with van der Waals surface area (Å²) >= 11 is 0. The fourth-order valence-corrected chi connectivity index (χ4v) is 2.46. The Morgan fingerprint density at radius 3 is 1.80 bits per heavy atom. The van der Waals surface area contributed by atoms with Crippen molar-refractivity contribution < 1.29 is 10.2 Å². The molecule has 0 radical (unpaired) electrons. The van der Waals surface area contributed by atoms with Gasteiger partial charge in [0.2, 0.25) is 0 Å². The topological polar surface area (TPSA) is 40.5 Å². The molecule has 2 aromatic rings. The van der Waals surface area contributed by atoms with E-state index >= 15 is 0 Å². The minimum Gasteiger partial charge on any atom is -0.508 e. The fourth-order valence-electron chi connectivity index (χ4n) is 2.46. The molecule has 2 rings (SSSR count). The molecule has 0 aliphatic carbocycles. The zero-order valence-electron chi connectivity index (χ0n) is 12.4. The van der Waals surface area contributed by atoms with Gasteiger partial charge in [-0.25, -0.2) is 0 Å². The Labute approximate surface area is 120 Å². The smallest absolute Gasteiger partial charge is 0.123 e. The number of benzene rings is 2. The molecule has 0 amide bonds. The van der Waals surface area contributed by atoms with Crippen molar-refractivity contribution in [2.75, 3.05) is 0 Å². The zero-order valence-corrected chi connectivity index (χ0v) is 12.4. The third-order valence-corrected chi connectivity index (χ3v) is 3.76. The van der Waals surface area contributed by atoms with Crippen molar-refractivity contribution >= 4 is 0 Å². The summed E-state index contributed by atoms with van der Waals surface area (Å²) in [4.78, 5) is 0. The van der Waals surface area contributed by atoms with Crippen LogP contribution < -0.4 is 0 Å². The quantitative estimate of drug-likeness (QED) is 0.806. The van der Waals surface area contributed by atoms with Gasteiger partial charge in [0.05, 0.1) is 0 Å². The molecule has 0 saturated heterocycles. The van der Waals surface area contributed by atoms with Crippen molar-refractivity contribution in [3.05, 3.63) is 47.0 Å². The number of phenolic OH excluding ortho intramolecular Hbond substituents is 2. The van der Waals surface area contributed by atoms with E-state index < -0.39 is 0 Å². The second-order valence-corrected chi connectivity index (χ2v) is 5.10. The summed E-state index contributed by atoms with van der Waals surface area (Å²) < 4.78 is 0. The molecule has 106 valence electrons. The van der Waals surface area contributed by atoms with Crippen LogP contribution in [0, 0.1) is 0 Å². The molecular weight excluding hydrogens is 248 g/mol. The van der Waals surface area contributed by atoms with E-state index in [1.165, 1.54) is 11.1 Å². The first-order valence-electron chi connectivity index (χ1n) is 7.27. The molecule has 0 aromatic heterocycles. The van der Waals surface area contributed by atoms with Gasteiger partial charge in [-0.2, -0.15) is 0 Å². The lowest BCUT2D eigenvalue weighted by Gasteiger charge is -2.12. The monoisotopic (exact) mass is 270 g/mol. The van der Waals surface area contributed by atoms with Crippen molar-refractivity contribution in [2.45, 2.75) is 40.0 Å². The number of rotatable bonds is 4. The van der Waals surface area contributed by atoms with Gasteiger partial charge in [-0.05, 0) is 53.6 Å². The van der Waals surface area contributed by atoms with Crippen LogP contribution >= 0.6 is 0 Å². The Balaban J connectivity index is 2.58. The van der Waals surface area contributed by atoms with Crippen molar-refractivity contribution in [1.82, 2.24) is 0 Å². The first-order valence-corrected chi connectivity index (χ1v) is 7.27. The van der Waals surface area contributed by atoms with Crippen LogP contribution in [0.2, 0.25) is 0 Å². The maximum Gasteiger partial charge on any atom is 0.123 e. The number of hydrogen-bond donors (Lipinski definition) is 2. The van der Waals surface area contributed by atoms with Gasteiger partial charge >= 0.3 is 0 Å². The lowest BCUT2D eigenvalue weighted by atomic mass is 9.95. The first kappa shape index (κ1) is 14.4. The van der Waals surface area contributed by atoms with Gasteiger partial charge in [0.1, 0.15) is 11.5 Å². The predicted molar refractivity (Wildman–Crippen MR) is 83.3 cm³/mol. The Morgan fingerprint density at radius 1 is 0.700 bits per heavy atom. The molecule has 2 heteroatoms. The molecule has 0 saturated carbocycles. The van der Waals surface area contributed by atoms with Crippen LogP contribution in [0.3, 0.4) is 0 Å². The van der Waals surface area contributed by atoms with E-state index in [1.807, 2.05) is 6.92 Å². The van der Waals surface area contributed by atoms with E-state index in [0.29, 0.717) is 12.0 Å². The minimum atomic E-state index is 0.231. The van der Waals surface area contributed by atoms with Gasteiger partial charge in [0.15, 0.2) is 0 Å². The van der Waals surface area contributed by atoms with Gasteiger partial charge in [0, 0.05) is 5.56 Å². The average molecular weight is 270 g/mol. The summed E-state index contributed by atoms with van der Waals surface area (Å²) in [6.07, 6.45) is 2.62. The van der Waals surface area contributed by atoms with Crippen LogP contribution in [0.1, 0.15) is 37.5 Å². The number of hydrogen-bond acceptors (Lipinski definition) is 2. The summed E-state index contributed by atoms with van der Waals surface area (Å²) in [5.41, 5.74) is 4.94. The zero-order chi connectivity index (χ0) is 14.7. The van der Waals surface area contributed by atoms with Gasteiger partial charge in [-0.1, -0.05) is 39.0 Å². The minimum absolute atomic E-state index is 0.231. The van der Waals surface area contributed by atoms with Crippen LogP contribution in [0.5, 0.6) is 11.5 Å². The largest absolute Gasteiger partial charge is 0.508 e. The summed E-state index contributed by atoms with van der Waals surface area (Å²) in [6.45, 7) is 6.20. The van der Waals surface area contributed by atoms with Gasteiger partial charge < -0.3 is 10.2 Å². The Morgan fingerprint density at radius 2 is 1.30 bits per heavy atom. The molecule has 0 aliphatic heterocycles. The van der Waals surface area contributed by atoms with Gasteiger partial charge in [0.25, 0.3) is 0 Å². The normalized spacial score (nSPS) is 10.8. The van der Waals surface area contributed by atoms with E-state index in [2.05, 4.69) is 32.0 Å². The summed E-state index contributed by atoms with van der Waals surface area (Å²) in [7, 11) is 0. The maximum absolute atomic E-state index is 10.2. The van der Waals surface area contributed by atoms with Crippen molar-refractivity contribution in [3.63, 3.8) is 0 Å². The van der Waals surface area contributed by atoms with Gasteiger partial charge in [-0.15, -0.1) is 0 Å². The Hall–Kier alpha value is -1.96.